The van der Waals surface area contributed by atoms with E-state index in [1.54, 1.807) is 48.7 Å². The van der Waals surface area contributed by atoms with Crippen molar-refractivity contribution in [3.63, 3.8) is 0 Å². The second-order valence-corrected chi connectivity index (χ2v) is 5.97. The number of hydrogen-bond donors (Lipinski definition) is 1. The van der Waals surface area contributed by atoms with Crippen molar-refractivity contribution < 1.29 is 19.1 Å². The molecule has 8 heteroatoms. The normalized spacial score (nSPS) is 10.6. The Kier molecular flexibility index (Phi) is 7.88. The molecular weight excluding hydrogens is 382 g/mol. The number of hydrazine groups is 1. The fourth-order valence-corrected chi connectivity index (χ4v) is 2.39. The maximum atomic E-state index is 11.8. The number of rotatable bonds is 8. The monoisotopic (exact) mass is 403 g/mol. The molecule has 0 bridgehead atoms. The maximum Gasteiger partial charge on any atom is 0.438 e. The van der Waals surface area contributed by atoms with Crippen LogP contribution in [-0.4, -0.2) is 20.3 Å². The summed E-state index contributed by atoms with van der Waals surface area (Å²) >= 11 is 5.86. The molecule has 0 spiro atoms. The molecule has 2 aromatic carbocycles. The van der Waals surface area contributed by atoms with Crippen molar-refractivity contribution in [1.29, 1.82) is 0 Å². The van der Waals surface area contributed by atoms with Crippen LogP contribution >= 0.6 is 11.6 Å². The predicted octanol–water partition coefficient (Wildman–Crippen LogP) is 4.40. The van der Waals surface area contributed by atoms with Crippen LogP contribution in [0, 0.1) is 0 Å². The minimum atomic E-state index is -0.643. The minimum Gasteiger partial charge on any atom is -0.489 e. The Bertz CT molecular complexity index is 840. The zero-order chi connectivity index (χ0) is 20.5. The van der Waals surface area contributed by atoms with E-state index in [1.807, 2.05) is 12.1 Å². The van der Waals surface area contributed by atoms with Crippen molar-refractivity contribution >= 4 is 29.1 Å². The van der Waals surface area contributed by atoms with E-state index in [0.717, 1.165) is 10.8 Å². The molecule has 0 aliphatic heterocycles. The Balaban J connectivity index is 2.01. The van der Waals surface area contributed by atoms with Gasteiger partial charge in [-0.15, -0.1) is 0 Å². The van der Waals surface area contributed by atoms with E-state index >= 15 is 0 Å². The van der Waals surface area contributed by atoms with Crippen LogP contribution in [0.2, 0.25) is 5.02 Å². The largest absolute Gasteiger partial charge is 0.489 e. The van der Waals surface area contributed by atoms with Crippen molar-refractivity contribution in [2.45, 2.75) is 6.61 Å². The third kappa shape index (κ3) is 5.75. The summed E-state index contributed by atoms with van der Waals surface area (Å²) in [6.45, 7) is 4.01. The van der Waals surface area contributed by atoms with Crippen molar-refractivity contribution in [2.24, 2.45) is 5.84 Å². The zero-order valence-electron chi connectivity index (χ0n) is 15.7. The molecule has 148 valence electrons. The Morgan fingerprint density at radius 1 is 1.18 bits per heavy atom. The van der Waals surface area contributed by atoms with Crippen LogP contribution in [0.1, 0.15) is 5.56 Å². The first-order chi connectivity index (χ1) is 13.5. The Hall–Kier alpha value is -3.00. The zero-order valence-corrected chi connectivity index (χ0v) is 16.4. The summed E-state index contributed by atoms with van der Waals surface area (Å²) in [4.78, 5) is 17.0. The summed E-state index contributed by atoms with van der Waals surface area (Å²) in [5.74, 6) is 6.35. The summed E-state index contributed by atoms with van der Waals surface area (Å²) in [5, 5.41) is 3.09. The van der Waals surface area contributed by atoms with E-state index in [4.69, 9.17) is 31.8 Å². The number of hydroxylamine groups is 1. The van der Waals surface area contributed by atoms with Crippen molar-refractivity contribution in [3.05, 3.63) is 83.7 Å². The number of carbonyl (C=O) groups is 1. The molecule has 1 amide bonds. The molecule has 28 heavy (non-hydrogen) atoms. The molecule has 0 radical (unpaired) electrons. The lowest BCUT2D eigenvalue weighted by molar-refractivity contribution is 0.114. The number of benzene rings is 2. The quantitative estimate of drug-likeness (QED) is 0.304. The summed E-state index contributed by atoms with van der Waals surface area (Å²) in [5.41, 5.74) is 1.98. The van der Waals surface area contributed by atoms with Gasteiger partial charge in [0.25, 0.3) is 0 Å². The highest BCUT2D eigenvalue weighted by molar-refractivity contribution is 6.30. The highest BCUT2D eigenvalue weighted by Gasteiger charge is 2.19. The van der Waals surface area contributed by atoms with Gasteiger partial charge in [0.2, 0.25) is 0 Å². The fourth-order valence-electron chi connectivity index (χ4n) is 2.27. The van der Waals surface area contributed by atoms with E-state index in [1.165, 1.54) is 19.2 Å². The van der Waals surface area contributed by atoms with Gasteiger partial charge in [0.1, 0.15) is 12.4 Å². The number of hydrogen-bond acceptors (Lipinski definition) is 6. The molecule has 0 aliphatic carbocycles. The van der Waals surface area contributed by atoms with Gasteiger partial charge < -0.3 is 9.47 Å². The molecule has 7 nitrogen and oxygen atoms in total. The average Bonchev–Trinajstić information content (AvgIpc) is 2.72. The van der Waals surface area contributed by atoms with Gasteiger partial charge in [-0.05, 0) is 36.4 Å². The van der Waals surface area contributed by atoms with E-state index in [-0.39, 0.29) is 6.61 Å². The Labute approximate surface area is 169 Å². The second kappa shape index (κ2) is 10.4. The third-order valence-corrected chi connectivity index (χ3v) is 3.94. The van der Waals surface area contributed by atoms with Gasteiger partial charge in [0.15, 0.2) is 0 Å². The molecular formula is C20H22ClN3O4. The van der Waals surface area contributed by atoms with Crippen LogP contribution in [0.5, 0.6) is 0 Å². The van der Waals surface area contributed by atoms with Gasteiger partial charge in [0.05, 0.1) is 25.6 Å². The van der Waals surface area contributed by atoms with Crippen molar-refractivity contribution in [1.82, 2.24) is 0 Å². The number of para-hydroxylation sites is 1. The van der Waals surface area contributed by atoms with E-state index in [0.29, 0.717) is 22.0 Å². The SMILES string of the molecule is C=C(/C=C\N(N)c1ccc(Cl)cc1)OCc1ccccc1N(OC)C(=O)OC. The smallest absolute Gasteiger partial charge is 0.438 e. The Morgan fingerprint density at radius 2 is 1.86 bits per heavy atom. The van der Waals surface area contributed by atoms with E-state index in [9.17, 15) is 4.79 Å². The maximum absolute atomic E-state index is 11.8. The molecule has 0 heterocycles. The number of anilines is 2. The lowest BCUT2D eigenvalue weighted by Gasteiger charge is -2.21. The first-order valence-corrected chi connectivity index (χ1v) is 8.63. The van der Waals surface area contributed by atoms with Crippen LogP contribution < -0.4 is 15.9 Å². The van der Waals surface area contributed by atoms with Crippen LogP contribution in [0.3, 0.4) is 0 Å². The standard InChI is InChI=1S/C20H22ClN3O4/c1-15(12-13-23(22)18-10-8-17(21)9-11-18)28-14-16-6-4-5-7-19(16)24(27-3)20(25)26-2/h4-13H,1,14,22H2,2-3H3/b13-12-. The summed E-state index contributed by atoms with van der Waals surface area (Å²) < 4.78 is 10.4. The van der Waals surface area contributed by atoms with Crippen LogP contribution in [0.4, 0.5) is 16.2 Å². The molecule has 2 N–H and O–H groups in total. The molecule has 2 aromatic rings. The number of nitrogens with two attached hydrogens (primary N) is 1. The second-order valence-electron chi connectivity index (χ2n) is 5.53. The molecule has 0 saturated carbocycles. The average molecular weight is 404 g/mol. The lowest BCUT2D eigenvalue weighted by atomic mass is 10.2. The highest BCUT2D eigenvalue weighted by Crippen LogP contribution is 2.23. The summed E-state index contributed by atoms with van der Waals surface area (Å²) in [6, 6.07) is 14.2. The minimum absolute atomic E-state index is 0.168. The fraction of sp³-hybridized carbons (Fsp3) is 0.150. The third-order valence-electron chi connectivity index (χ3n) is 3.69. The number of allylic oxidation sites excluding steroid dienone is 1. The molecule has 2 rings (SSSR count). The lowest BCUT2D eigenvalue weighted by Crippen LogP contribution is -2.30. The molecule has 0 saturated heterocycles. The molecule has 0 aliphatic rings. The van der Waals surface area contributed by atoms with E-state index < -0.39 is 6.09 Å². The number of methoxy groups -OCH3 is 1. The van der Waals surface area contributed by atoms with Gasteiger partial charge in [-0.3, -0.25) is 9.85 Å². The van der Waals surface area contributed by atoms with E-state index in [2.05, 4.69) is 6.58 Å². The van der Waals surface area contributed by atoms with Gasteiger partial charge >= 0.3 is 6.09 Å². The van der Waals surface area contributed by atoms with Gasteiger partial charge in [-0.1, -0.05) is 36.4 Å². The van der Waals surface area contributed by atoms with Gasteiger partial charge in [0, 0.05) is 16.8 Å². The summed E-state index contributed by atoms with van der Waals surface area (Å²) in [6.07, 6.45) is 2.61. The van der Waals surface area contributed by atoms with Crippen LogP contribution in [0.25, 0.3) is 0 Å². The number of nitrogens with zero attached hydrogens (tertiary/aromatic N) is 2. The first-order valence-electron chi connectivity index (χ1n) is 8.25. The predicted molar refractivity (Wildman–Crippen MR) is 110 cm³/mol. The van der Waals surface area contributed by atoms with Crippen LogP contribution in [-0.2, 0) is 20.9 Å². The highest BCUT2D eigenvalue weighted by atomic mass is 35.5. The van der Waals surface area contributed by atoms with Gasteiger partial charge in [-0.2, -0.15) is 5.06 Å². The topological polar surface area (TPSA) is 77.3 Å². The number of halogens is 1. The van der Waals surface area contributed by atoms with Crippen molar-refractivity contribution in [2.75, 3.05) is 24.3 Å². The van der Waals surface area contributed by atoms with Gasteiger partial charge in [-0.25, -0.2) is 10.6 Å². The Morgan fingerprint density at radius 3 is 2.50 bits per heavy atom. The number of carbonyl (C=O) groups excluding carboxylic acids is 1. The molecule has 0 aromatic heterocycles. The van der Waals surface area contributed by atoms with Crippen LogP contribution in [0.15, 0.2) is 73.1 Å². The first kappa shape index (κ1) is 21.3. The number of ether oxygens (including phenoxy) is 2. The number of amides is 1. The molecule has 0 atom stereocenters. The molecule has 0 fully saturated rings. The summed E-state index contributed by atoms with van der Waals surface area (Å²) in [7, 11) is 2.65. The molecule has 0 unspecified atom stereocenters. The van der Waals surface area contributed by atoms with Crippen molar-refractivity contribution in [3.8, 4) is 0 Å².